The standard InChI is InChI=1S/C11H19N.C10H13N.C5H10.C4H8/c1-6-10-8(2)9(7-12-10)11(3,4)5;1-3-10(2,11)9-7-5-4-6-8-9;1-4-5(2)3;1-4(2)3/h7-8H,6H2,1-5H3;3-8H,1,11H2,2H3;4H,1-3H3;1H2,2-3H3/t;10-;;/m.0../s1. The largest absolute Gasteiger partial charge is 0.318 e. The Kier molecular flexibility index (Phi) is 15.6. The van der Waals surface area contributed by atoms with Gasteiger partial charge in [-0.1, -0.05) is 88.2 Å². The molecule has 0 radical (unpaired) electrons. The first-order valence-corrected chi connectivity index (χ1v) is 11.6. The second kappa shape index (κ2) is 15.6. The van der Waals surface area contributed by atoms with Gasteiger partial charge in [0, 0.05) is 17.8 Å². The van der Waals surface area contributed by atoms with E-state index in [0.29, 0.717) is 5.92 Å². The molecular weight excluding hydrogens is 388 g/mol. The Morgan fingerprint density at radius 1 is 1.06 bits per heavy atom. The van der Waals surface area contributed by atoms with Crippen LogP contribution in [0, 0.1) is 11.3 Å². The van der Waals surface area contributed by atoms with Crippen molar-refractivity contribution in [3.8, 4) is 0 Å². The summed E-state index contributed by atoms with van der Waals surface area (Å²) in [6, 6.07) is 9.93. The molecule has 2 rings (SSSR count). The molecule has 0 aromatic heterocycles. The number of nitrogens with zero attached hydrogens (tertiary/aromatic N) is 1. The predicted octanol–water partition coefficient (Wildman–Crippen LogP) is 9.02. The highest BCUT2D eigenvalue weighted by Crippen LogP contribution is 2.35. The lowest BCUT2D eigenvalue weighted by molar-refractivity contribution is 0.471. The zero-order valence-corrected chi connectivity index (χ0v) is 22.8. The summed E-state index contributed by atoms with van der Waals surface area (Å²) < 4.78 is 0. The third-order valence-electron chi connectivity index (χ3n) is 4.96. The van der Waals surface area contributed by atoms with E-state index in [1.165, 1.54) is 22.4 Å². The first kappa shape index (κ1) is 32.0. The monoisotopic (exact) mass is 438 g/mol. The van der Waals surface area contributed by atoms with Gasteiger partial charge >= 0.3 is 0 Å². The quantitative estimate of drug-likeness (QED) is 0.470. The molecule has 2 heteroatoms. The molecule has 180 valence electrons. The molecule has 0 aliphatic carbocycles. The summed E-state index contributed by atoms with van der Waals surface area (Å²) in [5.41, 5.74) is 12.2. The van der Waals surface area contributed by atoms with Crippen LogP contribution < -0.4 is 5.73 Å². The van der Waals surface area contributed by atoms with Crippen LogP contribution in [0.2, 0.25) is 0 Å². The number of benzene rings is 1. The zero-order chi connectivity index (χ0) is 25.5. The molecule has 0 bridgehead atoms. The van der Waals surface area contributed by atoms with Crippen molar-refractivity contribution in [2.75, 3.05) is 0 Å². The Morgan fingerprint density at radius 2 is 1.50 bits per heavy atom. The Hall–Kier alpha value is -2.19. The van der Waals surface area contributed by atoms with Gasteiger partial charge in [-0.2, -0.15) is 0 Å². The van der Waals surface area contributed by atoms with Crippen LogP contribution in [0.3, 0.4) is 0 Å². The summed E-state index contributed by atoms with van der Waals surface area (Å²) in [5.74, 6) is 0.565. The zero-order valence-electron chi connectivity index (χ0n) is 22.8. The van der Waals surface area contributed by atoms with Crippen LogP contribution in [0.4, 0.5) is 0 Å². The van der Waals surface area contributed by atoms with E-state index in [1.54, 1.807) is 6.08 Å². The highest BCUT2D eigenvalue weighted by Gasteiger charge is 2.27. The number of hydrogen-bond acceptors (Lipinski definition) is 2. The molecule has 0 saturated carbocycles. The van der Waals surface area contributed by atoms with E-state index in [4.69, 9.17) is 5.73 Å². The van der Waals surface area contributed by atoms with Crippen LogP contribution in [0.1, 0.15) is 88.1 Å². The summed E-state index contributed by atoms with van der Waals surface area (Å²) in [5, 5.41) is 0. The normalized spacial score (nSPS) is 16.2. The Morgan fingerprint density at radius 3 is 1.75 bits per heavy atom. The van der Waals surface area contributed by atoms with Gasteiger partial charge in [-0.25, -0.2) is 0 Å². The van der Waals surface area contributed by atoms with E-state index in [-0.39, 0.29) is 5.41 Å². The number of allylic oxidation sites excluding steroid dienone is 4. The maximum absolute atomic E-state index is 5.92. The minimum atomic E-state index is -0.402. The van der Waals surface area contributed by atoms with E-state index in [0.717, 1.165) is 12.0 Å². The molecule has 0 spiro atoms. The molecule has 2 atom stereocenters. The van der Waals surface area contributed by atoms with Crippen LogP contribution in [0.25, 0.3) is 0 Å². The van der Waals surface area contributed by atoms with E-state index in [9.17, 15) is 0 Å². The lowest BCUT2D eigenvalue weighted by atomic mass is 9.79. The van der Waals surface area contributed by atoms with Crippen LogP contribution in [-0.4, -0.2) is 5.71 Å². The van der Waals surface area contributed by atoms with Crippen molar-refractivity contribution in [2.24, 2.45) is 22.1 Å². The average molecular weight is 439 g/mol. The molecule has 1 heterocycles. The SMILES string of the molecule is C=C(C)C.C=C[C@](C)(N)c1ccccc1.CC=C(C)C.CCC1=NC=C(C(C)(C)C)C1C. The molecule has 2 N–H and O–H groups in total. The van der Waals surface area contributed by atoms with Crippen molar-refractivity contribution in [2.45, 2.75) is 88.1 Å². The summed E-state index contributed by atoms with van der Waals surface area (Å²) in [6.07, 6.45) is 6.98. The van der Waals surface area contributed by atoms with Gasteiger partial charge in [0.1, 0.15) is 0 Å². The number of hydrogen-bond donors (Lipinski definition) is 1. The smallest absolute Gasteiger partial charge is 0.0564 e. The molecule has 1 aromatic rings. The maximum Gasteiger partial charge on any atom is 0.0564 e. The van der Waals surface area contributed by atoms with Crippen LogP contribution in [0.5, 0.6) is 0 Å². The minimum Gasteiger partial charge on any atom is -0.318 e. The van der Waals surface area contributed by atoms with Gasteiger partial charge in [-0.3, -0.25) is 4.99 Å². The van der Waals surface area contributed by atoms with E-state index < -0.39 is 5.54 Å². The first-order chi connectivity index (χ1) is 14.6. The third-order valence-corrected chi connectivity index (χ3v) is 4.96. The van der Waals surface area contributed by atoms with Crippen LogP contribution >= 0.6 is 0 Å². The van der Waals surface area contributed by atoms with Crippen molar-refractivity contribution in [1.82, 2.24) is 0 Å². The maximum atomic E-state index is 5.92. The number of nitrogens with two attached hydrogens (primary N) is 1. The fourth-order valence-electron chi connectivity index (χ4n) is 2.71. The molecule has 1 aliphatic heterocycles. The van der Waals surface area contributed by atoms with Crippen molar-refractivity contribution >= 4 is 5.71 Å². The van der Waals surface area contributed by atoms with Crippen molar-refractivity contribution < 1.29 is 0 Å². The second-order valence-corrected chi connectivity index (χ2v) is 9.96. The Labute approximate surface area is 200 Å². The lowest BCUT2D eigenvalue weighted by Gasteiger charge is -2.24. The molecule has 1 aliphatic rings. The average Bonchev–Trinajstić information content (AvgIpc) is 3.10. The minimum absolute atomic E-state index is 0.278. The molecule has 2 nitrogen and oxygen atoms in total. The highest BCUT2D eigenvalue weighted by molar-refractivity contribution is 5.91. The number of rotatable bonds is 3. The molecule has 1 unspecified atom stereocenters. The van der Waals surface area contributed by atoms with Gasteiger partial charge in [0.25, 0.3) is 0 Å². The van der Waals surface area contributed by atoms with Crippen molar-refractivity contribution in [1.29, 1.82) is 0 Å². The number of aliphatic imine (C=N–C) groups is 1. The van der Waals surface area contributed by atoms with E-state index >= 15 is 0 Å². The molecule has 32 heavy (non-hydrogen) atoms. The summed E-state index contributed by atoms with van der Waals surface area (Å²) >= 11 is 0. The van der Waals surface area contributed by atoms with Gasteiger partial charge in [0.2, 0.25) is 0 Å². The molecule has 0 saturated heterocycles. The molecule has 0 fully saturated rings. The van der Waals surface area contributed by atoms with Crippen LogP contribution in [0.15, 0.2) is 83.6 Å². The summed E-state index contributed by atoms with van der Waals surface area (Å²) in [6.45, 7) is 30.5. The van der Waals surface area contributed by atoms with E-state index in [2.05, 4.69) is 78.9 Å². The molecular formula is C30H50N2. The second-order valence-electron chi connectivity index (χ2n) is 9.96. The van der Waals surface area contributed by atoms with E-state index in [1.807, 2.05) is 58.0 Å². The van der Waals surface area contributed by atoms with Gasteiger partial charge in [-0.05, 0) is 64.5 Å². The Bertz CT molecular complexity index is 761. The van der Waals surface area contributed by atoms with Gasteiger partial charge in [-0.15, -0.1) is 13.2 Å². The third kappa shape index (κ3) is 14.0. The topological polar surface area (TPSA) is 38.4 Å². The fourth-order valence-corrected chi connectivity index (χ4v) is 2.71. The fraction of sp³-hybridized carbons (Fsp3) is 0.500. The van der Waals surface area contributed by atoms with Gasteiger partial charge < -0.3 is 5.73 Å². The van der Waals surface area contributed by atoms with Crippen LogP contribution in [-0.2, 0) is 5.54 Å². The summed E-state index contributed by atoms with van der Waals surface area (Å²) in [4.78, 5) is 4.44. The predicted molar refractivity (Wildman–Crippen MR) is 148 cm³/mol. The van der Waals surface area contributed by atoms with Gasteiger partial charge in [0.05, 0.1) is 5.54 Å². The highest BCUT2D eigenvalue weighted by atomic mass is 14.8. The molecule has 0 amide bonds. The molecule has 1 aromatic carbocycles. The lowest BCUT2D eigenvalue weighted by Crippen LogP contribution is -2.29. The Balaban J connectivity index is 0. The van der Waals surface area contributed by atoms with Crippen molar-refractivity contribution in [3.05, 3.63) is 84.1 Å². The summed E-state index contributed by atoms with van der Waals surface area (Å²) in [7, 11) is 0. The van der Waals surface area contributed by atoms with Crippen molar-refractivity contribution in [3.63, 3.8) is 0 Å². The first-order valence-electron chi connectivity index (χ1n) is 11.6. The van der Waals surface area contributed by atoms with Gasteiger partial charge in [0.15, 0.2) is 0 Å².